The molecule has 7 aromatic rings. The lowest BCUT2D eigenvalue weighted by Gasteiger charge is -2.18. The number of rotatable bonds is 3. The topological polar surface area (TPSA) is 25.2 Å². The Kier molecular flexibility index (Phi) is 4.22. The highest BCUT2D eigenvalue weighted by Crippen LogP contribution is 2.42. The van der Waals surface area contributed by atoms with Crippen molar-refractivity contribution < 1.29 is 5.11 Å². The van der Waals surface area contributed by atoms with Crippen LogP contribution in [0.15, 0.2) is 103 Å². The predicted octanol–water partition coefficient (Wildman–Crippen LogP) is 9.07. The van der Waals surface area contributed by atoms with E-state index < -0.39 is 0 Å². The molecule has 7 rings (SSSR count). The summed E-state index contributed by atoms with van der Waals surface area (Å²) in [6.07, 6.45) is 3.00. The van der Waals surface area contributed by atoms with E-state index in [1.54, 1.807) is 0 Å². The number of allylic oxidation sites excluding steroid dienone is 1. The summed E-state index contributed by atoms with van der Waals surface area (Å²) in [5.41, 5.74) is 6.25. The van der Waals surface area contributed by atoms with Crippen molar-refractivity contribution in [3.05, 3.63) is 109 Å². The zero-order valence-corrected chi connectivity index (χ0v) is 19.8. The minimum atomic E-state index is 0.137. The van der Waals surface area contributed by atoms with Gasteiger partial charge in [-0.3, -0.25) is 0 Å². The lowest BCUT2D eigenvalue weighted by Crippen LogP contribution is -1.94. The normalized spacial score (nSPS) is 13.3. The third kappa shape index (κ3) is 2.77. The first-order valence-electron chi connectivity index (χ1n) is 12.1. The molecule has 1 N–H and O–H groups in total. The van der Waals surface area contributed by atoms with Crippen LogP contribution >= 0.6 is 0 Å². The fourth-order valence-corrected chi connectivity index (χ4v) is 6.04. The van der Waals surface area contributed by atoms with Gasteiger partial charge in [0.15, 0.2) is 0 Å². The van der Waals surface area contributed by atoms with E-state index in [0.717, 1.165) is 6.26 Å². The molecule has 1 heterocycles. The van der Waals surface area contributed by atoms with Gasteiger partial charge in [0.2, 0.25) is 0 Å². The second-order valence-electron chi connectivity index (χ2n) is 9.63. The second-order valence-corrected chi connectivity index (χ2v) is 9.63. The summed E-state index contributed by atoms with van der Waals surface area (Å²) in [6, 6.07) is 33.4. The Bertz CT molecular complexity index is 1940. The van der Waals surface area contributed by atoms with Crippen LogP contribution in [0.1, 0.15) is 18.4 Å². The van der Waals surface area contributed by atoms with Gasteiger partial charge in [0.1, 0.15) is 0 Å². The van der Waals surface area contributed by atoms with Crippen molar-refractivity contribution in [3.63, 3.8) is 0 Å². The van der Waals surface area contributed by atoms with Gasteiger partial charge < -0.3 is 9.67 Å². The summed E-state index contributed by atoms with van der Waals surface area (Å²) in [4.78, 5) is 0. The Morgan fingerprint density at radius 2 is 1.37 bits per heavy atom. The maximum Gasteiger partial charge on any atom is 0.0757 e. The molecule has 1 unspecified atom stereocenters. The molecule has 1 atom stereocenters. The average Bonchev–Trinajstić information content (AvgIpc) is 3.18. The summed E-state index contributed by atoms with van der Waals surface area (Å²) in [7, 11) is 2.14. The number of benzene rings is 6. The van der Waals surface area contributed by atoms with Gasteiger partial charge in [-0.05, 0) is 73.3 Å². The minimum Gasteiger partial charge on any atom is -0.516 e. The standard InChI is InChI=1S/C33H25NO/c1-20(17-18-35)24-12-7-21-10-15-28-25(13-8-22-9-14-27(24)32(21)33(22)28)23-11-16-31-29(19-23)26-5-3-4-6-30(26)34(31)2/h3-20,35H,1-2H3/b18-17-. The molecule has 0 aliphatic carbocycles. The highest BCUT2D eigenvalue weighted by Gasteiger charge is 2.16. The molecule has 0 saturated heterocycles. The molecule has 0 aliphatic heterocycles. The van der Waals surface area contributed by atoms with Crippen LogP contribution in [0.3, 0.4) is 0 Å². The molecule has 2 heteroatoms. The van der Waals surface area contributed by atoms with Gasteiger partial charge in [0, 0.05) is 34.8 Å². The van der Waals surface area contributed by atoms with Gasteiger partial charge in [0.05, 0.1) is 6.26 Å². The molecule has 0 radical (unpaired) electrons. The largest absolute Gasteiger partial charge is 0.516 e. The van der Waals surface area contributed by atoms with E-state index in [4.69, 9.17) is 0 Å². The zero-order chi connectivity index (χ0) is 23.7. The van der Waals surface area contributed by atoms with Gasteiger partial charge in [-0.2, -0.15) is 0 Å². The Labute approximate surface area is 203 Å². The molecule has 0 bridgehead atoms. The lowest BCUT2D eigenvalue weighted by molar-refractivity contribution is 0.469. The SMILES string of the molecule is CC(/C=C\O)c1ccc2ccc3c(-c4ccc5c(c4)c4ccccc4n5C)ccc4ccc1c2c43. The number of aryl methyl sites for hydroxylation is 1. The molecule has 0 saturated carbocycles. The van der Waals surface area contributed by atoms with Crippen LogP contribution in [0.25, 0.3) is 65.3 Å². The van der Waals surface area contributed by atoms with E-state index in [1.165, 1.54) is 70.8 Å². The smallest absolute Gasteiger partial charge is 0.0757 e. The predicted molar refractivity (Wildman–Crippen MR) is 150 cm³/mol. The van der Waals surface area contributed by atoms with Gasteiger partial charge in [-0.1, -0.05) is 79.7 Å². The molecular formula is C33H25NO. The summed E-state index contributed by atoms with van der Waals surface area (Å²) < 4.78 is 2.28. The highest BCUT2D eigenvalue weighted by atomic mass is 16.2. The van der Waals surface area contributed by atoms with Crippen molar-refractivity contribution in [1.82, 2.24) is 4.57 Å². The third-order valence-electron chi connectivity index (χ3n) is 7.79. The van der Waals surface area contributed by atoms with Gasteiger partial charge in [-0.25, -0.2) is 0 Å². The molecule has 0 amide bonds. The zero-order valence-electron chi connectivity index (χ0n) is 19.8. The van der Waals surface area contributed by atoms with Crippen molar-refractivity contribution in [3.8, 4) is 11.1 Å². The van der Waals surface area contributed by atoms with Crippen LogP contribution in [0.4, 0.5) is 0 Å². The quantitative estimate of drug-likeness (QED) is 0.210. The molecule has 0 spiro atoms. The maximum atomic E-state index is 9.36. The Morgan fingerprint density at radius 1 is 0.686 bits per heavy atom. The van der Waals surface area contributed by atoms with E-state index in [-0.39, 0.29) is 5.92 Å². The first kappa shape index (κ1) is 20.1. The van der Waals surface area contributed by atoms with E-state index >= 15 is 0 Å². The Hall–Kier alpha value is -4.30. The highest BCUT2D eigenvalue weighted by molar-refractivity contribution is 6.26. The lowest BCUT2D eigenvalue weighted by atomic mass is 9.86. The summed E-state index contributed by atoms with van der Waals surface area (Å²) in [5.74, 6) is 0.137. The van der Waals surface area contributed by atoms with Crippen LogP contribution in [0.5, 0.6) is 0 Å². The van der Waals surface area contributed by atoms with Crippen molar-refractivity contribution in [1.29, 1.82) is 0 Å². The van der Waals surface area contributed by atoms with Crippen LogP contribution in [0.2, 0.25) is 0 Å². The molecule has 2 nitrogen and oxygen atoms in total. The first-order valence-corrected chi connectivity index (χ1v) is 12.1. The van der Waals surface area contributed by atoms with Gasteiger partial charge >= 0.3 is 0 Å². The molecule has 0 aliphatic rings. The van der Waals surface area contributed by atoms with Gasteiger partial charge in [0.25, 0.3) is 0 Å². The average molecular weight is 452 g/mol. The number of nitrogens with zero attached hydrogens (tertiary/aromatic N) is 1. The number of fused-ring (bicyclic) bond motifs is 3. The molecule has 168 valence electrons. The number of hydrogen-bond donors (Lipinski definition) is 1. The molecule has 35 heavy (non-hydrogen) atoms. The molecule has 0 fully saturated rings. The third-order valence-corrected chi connectivity index (χ3v) is 7.79. The number of aliphatic hydroxyl groups is 1. The number of hydrogen-bond acceptors (Lipinski definition) is 1. The number of para-hydroxylation sites is 1. The van der Waals surface area contributed by atoms with E-state index in [9.17, 15) is 5.11 Å². The monoisotopic (exact) mass is 451 g/mol. The van der Waals surface area contributed by atoms with Crippen LogP contribution in [-0.2, 0) is 7.05 Å². The molecule has 1 aromatic heterocycles. The fourth-order valence-electron chi connectivity index (χ4n) is 6.04. The number of aliphatic hydroxyl groups excluding tert-OH is 1. The van der Waals surface area contributed by atoms with E-state index in [1.807, 2.05) is 6.08 Å². The molecule has 6 aromatic carbocycles. The van der Waals surface area contributed by atoms with Crippen LogP contribution < -0.4 is 0 Å². The maximum absolute atomic E-state index is 9.36. The van der Waals surface area contributed by atoms with Crippen LogP contribution in [-0.4, -0.2) is 9.67 Å². The van der Waals surface area contributed by atoms with Crippen molar-refractivity contribution in [2.75, 3.05) is 0 Å². The molecular weight excluding hydrogens is 426 g/mol. The number of aromatic nitrogens is 1. The summed E-state index contributed by atoms with van der Waals surface area (Å²) >= 11 is 0. The van der Waals surface area contributed by atoms with E-state index in [0.29, 0.717) is 0 Å². The first-order chi connectivity index (χ1) is 17.2. The fraction of sp³-hybridized carbons (Fsp3) is 0.0909. The van der Waals surface area contributed by atoms with E-state index in [2.05, 4.69) is 110 Å². The Morgan fingerprint density at radius 3 is 2.20 bits per heavy atom. The Balaban J connectivity index is 1.54. The van der Waals surface area contributed by atoms with Crippen molar-refractivity contribution in [2.24, 2.45) is 7.05 Å². The summed E-state index contributed by atoms with van der Waals surface area (Å²) in [6.45, 7) is 2.13. The van der Waals surface area contributed by atoms with Crippen LogP contribution in [0, 0.1) is 0 Å². The second kappa shape index (κ2) is 7.35. The van der Waals surface area contributed by atoms with Crippen molar-refractivity contribution >= 4 is 54.1 Å². The minimum absolute atomic E-state index is 0.137. The summed E-state index contributed by atoms with van der Waals surface area (Å²) in [5, 5.41) is 19.6. The van der Waals surface area contributed by atoms with Crippen molar-refractivity contribution in [2.45, 2.75) is 12.8 Å². The van der Waals surface area contributed by atoms with Gasteiger partial charge in [-0.15, -0.1) is 0 Å².